The van der Waals surface area contributed by atoms with E-state index in [0.29, 0.717) is 61.3 Å². The number of methoxy groups -OCH3 is 2. The van der Waals surface area contributed by atoms with Gasteiger partial charge in [0, 0.05) is 0 Å². The molecule has 4 aromatic rings. The summed E-state index contributed by atoms with van der Waals surface area (Å²) in [6.45, 7) is 6.00. The fourth-order valence-corrected chi connectivity index (χ4v) is 6.29. The first-order chi connectivity index (χ1) is 22.7. The van der Waals surface area contributed by atoms with Crippen molar-refractivity contribution in [2.24, 2.45) is 4.99 Å². The summed E-state index contributed by atoms with van der Waals surface area (Å²) in [5.74, 6) is 0.314. The Labute approximate surface area is 274 Å². The molecular weight excluding hydrogens is 624 g/mol. The molecule has 11 nitrogen and oxygen atoms in total. The van der Waals surface area contributed by atoms with Crippen LogP contribution in [-0.4, -0.2) is 49.0 Å². The minimum atomic E-state index is -1.02. The first kappa shape index (κ1) is 33.0. The standard InChI is InChI=1S/C35H34N2O9S/c1-6-44-28-18-23(12-14-25(28)42-4)31-30(34(41)45-7-2)20(3)36-35-37(31)32(38)29(47-35)17-21-11-13-26(27(16-21)43-5)46-19-22-9-8-10-24(15-22)33(39)40/h8-18,31H,6-7,19H2,1-5H3,(H,39,40)/b29-17-/t31-/m1/s1. The van der Waals surface area contributed by atoms with Crippen molar-refractivity contribution in [2.75, 3.05) is 27.4 Å². The zero-order valence-electron chi connectivity index (χ0n) is 26.6. The van der Waals surface area contributed by atoms with Gasteiger partial charge < -0.3 is 28.8 Å². The first-order valence-electron chi connectivity index (χ1n) is 14.8. The van der Waals surface area contributed by atoms with E-state index in [1.807, 2.05) is 6.92 Å². The maximum atomic E-state index is 14.1. The van der Waals surface area contributed by atoms with Crippen LogP contribution in [0.5, 0.6) is 23.0 Å². The summed E-state index contributed by atoms with van der Waals surface area (Å²) in [5, 5.41) is 9.27. The molecule has 1 aliphatic heterocycles. The number of benzene rings is 3. The minimum absolute atomic E-state index is 0.133. The van der Waals surface area contributed by atoms with E-state index in [2.05, 4.69) is 4.99 Å². The number of allylic oxidation sites excluding steroid dienone is 1. The summed E-state index contributed by atoms with van der Waals surface area (Å²) >= 11 is 1.20. The lowest BCUT2D eigenvalue weighted by Gasteiger charge is -2.25. The molecule has 0 radical (unpaired) electrons. The number of esters is 1. The Morgan fingerprint density at radius 1 is 0.936 bits per heavy atom. The molecule has 47 heavy (non-hydrogen) atoms. The van der Waals surface area contributed by atoms with Crippen LogP contribution >= 0.6 is 11.3 Å². The highest BCUT2D eigenvalue weighted by Gasteiger charge is 2.34. The lowest BCUT2D eigenvalue weighted by molar-refractivity contribution is -0.139. The molecule has 1 N–H and O–H groups in total. The predicted octanol–water partition coefficient (Wildman–Crippen LogP) is 4.49. The van der Waals surface area contributed by atoms with Crippen LogP contribution in [0.25, 0.3) is 6.08 Å². The normalized spacial score (nSPS) is 14.2. The number of thiazole rings is 1. The third-order valence-electron chi connectivity index (χ3n) is 7.37. The number of fused-ring (bicyclic) bond motifs is 1. The maximum absolute atomic E-state index is 14.1. The summed E-state index contributed by atoms with van der Waals surface area (Å²) in [6.07, 6.45) is 1.73. The zero-order chi connectivity index (χ0) is 33.7. The molecule has 1 aliphatic rings. The third-order valence-corrected chi connectivity index (χ3v) is 8.36. The lowest BCUT2D eigenvalue weighted by Crippen LogP contribution is -2.40. The zero-order valence-corrected chi connectivity index (χ0v) is 27.4. The van der Waals surface area contributed by atoms with Gasteiger partial charge in [0.05, 0.1) is 54.8 Å². The van der Waals surface area contributed by atoms with Gasteiger partial charge >= 0.3 is 11.9 Å². The molecule has 0 fully saturated rings. The fraction of sp³-hybridized carbons (Fsp3) is 0.257. The highest BCUT2D eigenvalue weighted by atomic mass is 32.1. The molecule has 0 saturated carbocycles. The van der Waals surface area contributed by atoms with Crippen molar-refractivity contribution in [3.63, 3.8) is 0 Å². The van der Waals surface area contributed by atoms with Crippen molar-refractivity contribution >= 4 is 29.4 Å². The van der Waals surface area contributed by atoms with E-state index in [9.17, 15) is 19.5 Å². The molecule has 12 heteroatoms. The van der Waals surface area contributed by atoms with Gasteiger partial charge in [0.25, 0.3) is 5.56 Å². The average molecular weight is 659 g/mol. The van der Waals surface area contributed by atoms with Gasteiger partial charge in [-0.25, -0.2) is 14.6 Å². The Hall–Kier alpha value is -5.36. The van der Waals surface area contributed by atoms with E-state index < -0.39 is 18.0 Å². The van der Waals surface area contributed by atoms with Crippen molar-refractivity contribution in [1.29, 1.82) is 0 Å². The Balaban J connectivity index is 1.55. The smallest absolute Gasteiger partial charge is 0.338 e. The second-order valence-electron chi connectivity index (χ2n) is 10.4. The van der Waals surface area contributed by atoms with Gasteiger partial charge in [0.2, 0.25) is 0 Å². The summed E-state index contributed by atoms with van der Waals surface area (Å²) in [7, 11) is 3.05. The van der Waals surface area contributed by atoms with Gasteiger partial charge in [-0.3, -0.25) is 9.36 Å². The number of aromatic nitrogens is 1. The van der Waals surface area contributed by atoms with E-state index in [-0.39, 0.29) is 29.9 Å². The van der Waals surface area contributed by atoms with Crippen LogP contribution in [-0.2, 0) is 16.1 Å². The molecule has 0 unspecified atom stereocenters. The lowest BCUT2D eigenvalue weighted by atomic mass is 9.95. The molecule has 0 bridgehead atoms. The van der Waals surface area contributed by atoms with Crippen LogP contribution in [0.4, 0.5) is 0 Å². The summed E-state index contributed by atoms with van der Waals surface area (Å²) in [6, 6.07) is 16.2. The molecule has 1 atom stereocenters. The Morgan fingerprint density at radius 2 is 1.70 bits per heavy atom. The number of hydrogen-bond donors (Lipinski definition) is 1. The second-order valence-corrected chi connectivity index (χ2v) is 11.4. The van der Waals surface area contributed by atoms with Gasteiger partial charge in [0.15, 0.2) is 27.8 Å². The SMILES string of the molecule is CCOC(=O)C1=C(C)N=c2s/c(=C\c3ccc(OCc4cccc(C(=O)O)c4)c(OC)c3)c(=O)n2[C@@H]1c1ccc(OC)c(OCC)c1. The molecular formula is C35H34N2O9S. The van der Waals surface area contributed by atoms with Gasteiger partial charge in [-0.05, 0) is 79.9 Å². The molecule has 5 rings (SSSR count). The van der Waals surface area contributed by atoms with Gasteiger partial charge in [-0.1, -0.05) is 35.6 Å². The van der Waals surface area contributed by atoms with Gasteiger partial charge in [-0.15, -0.1) is 0 Å². The van der Waals surface area contributed by atoms with Crippen LogP contribution in [0.3, 0.4) is 0 Å². The maximum Gasteiger partial charge on any atom is 0.338 e. The van der Waals surface area contributed by atoms with E-state index in [0.717, 1.165) is 0 Å². The van der Waals surface area contributed by atoms with Gasteiger partial charge in [-0.2, -0.15) is 0 Å². The highest BCUT2D eigenvalue weighted by Crippen LogP contribution is 2.36. The summed E-state index contributed by atoms with van der Waals surface area (Å²) in [4.78, 5) is 43.7. The number of hydrogen-bond acceptors (Lipinski definition) is 10. The van der Waals surface area contributed by atoms with Gasteiger partial charge in [0.1, 0.15) is 6.61 Å². The van der Waals surface area contributed by atoms with Crippen molar-refractivity contribution in [3.8, 4) is 23.0 Å². The van der Waals surface area contributed by atoms with Crippen molar-refractivity contribution in [1.82, 2.24) is 4.57 Å². The number of aromatic carboxylic acids is 1. The minimum Gasteiger partial charge on any atom is -0.493 e. The molecule has 2 heterocycles. The summed E-state index contributed by atoms with van der Waals surface area (Å²) in [5.41, 5.74) is 2.55. The predicted molar refractivity (Wildman–Crippen MR) is 175 cm³/mol. The molecule has 0 aliphatic carbocycles. The number of ether oxygens (including phenoxy) is 5. The molecule has 0 saturated heterocycles. The number of carbonyl (C=O) groups is 2. The largest absolute Gasteiger partial charge is 0.493 e. The number of nitrogens with zero attached hydrogens (tertiary/aromatic N) is 2. The van der Waals surface area contributed by atoms with Crippen LogP contribution in [0.1, 0.15) is 53.9 Å². The molecule has 3 aromatic carbocycles. The van der Waals surface area contributed by atoms with Crippen LogP contribution in [0.2, 0.25) is 0 Å². The highest BCUT2D eigenvalue weighted by molar-refractivity contribution is 7.07. The Kier molecular flexibility index (Phi) is 10.1. The van der Waals surface area contributed by atoms with Crippen molar-refractivity contribution in [3.05, 3.63) is 114 Å². The number of carboxylic acid groups (broad SMARTS) is 1. The monoisotopic (exact) mass is 658 g/mol. The van der Waals surface area contributed by atoms with E-state index in [4.69, 9.17) is 23.7 Å². The summed E-state index contributed by atoms with van der Waals surface area (Å²) < 4.78 is 30.1. The van der Waals surface area contributed by atoms with Crippen LogP contribution in [0, 0.1) is 0 Å². The van der Waals surface area contributed by atoms with E-state index >= 15 is 0 Å². The number of carboxylic acids is 1. The van der Waals surface area contributed by atoms with Crippen LogP contribution < -0.4 is 33.8 Å². The van der Waals surface area contributed by atoms with Crippen LogP contribution in [0.15, 0.2) is 81.7 Å². The molecule has 1 aromatic heterocycles. The van der Waals surface area contributed by atoms with Crippen molar-refractivity contribution < 1.29 is 38.4 Å². The first-order valence-corrected chi connectivity index (χ1v) is 15.6. The third kappa shape index (κ3) is 6.92. The Morgan fingerprint density at radius 3 is 2.40 bits per heavy atom. The van der Waals surface area contributed by atoms with Crippen molar-refractivity contribution in [2.45, 2.75) is 33.4 Å². The van der Waals surface area contributed by atoms with E-state index in [1.54, 1.807) is 81.6 Å². The molecule has 0 amide bonds. The topological polar surface area (TPSA) is 135 Å². The number of carbonyl (C=O) groups excluding carboxylic acids is 1. The number of rotatable bonds is 12. The Bertz CT molecular complexity index is 2040. The fourth-order valence-electron chi connectivity index (χ4n) is 5.24. The molecule has 0 spiro atoms. The average Bonchev–Trinajstić information content (AvgIpc) is 3.37. The molecule has 244 valence electrons. The van der Waals surface area contributed by atoms with E-state index in [1.165, 1.54) is 29.1 Å². The quantitative estimate of drug-likeness (QED) is 0.219. The second kappa shape index (κ2) is 14.4.